The number of rotatable bonds is 4. The minimum atomic E-state index is 0.0995. The van der Waals surface area contributed by atoms with Gasteiger partial charge in [-0.25, -0.2) is 0 Å². The van der Waals surface area contributed by atoms with Gasteiger partial charge < -0.3 is 10.2 Å². The number of amides is 1. The maximum absolute atomic E-state index is 12.7. The maximum atomic E-state index is 12.7. The zero-order valence-electron chi connectivity index (χ0n) is 11.0. The van der Waals surface area contributed by atoms with Crippen LogP contribution in [0.3, 0.4) is 0 Å². The van der Waals surface area contributed by atoms with Crippen molar-refractivity contribution in [1.29, 1.82) is 0 Å². The van der Waals surface area contributed by atoms with Crippen LogP contribution in [0, 0.1) is 3.57 Å². The van der Waals surface area contributed by atoms with E-state index >= 15 is 0 Å². The van der Waals surface area contributed by atoms with Crippen molar-refractivity contribution >= 4 is 40.1 Å². The third kappa shape index (κ3) is 3.61. The summed E-state index contributed by atoms with van der Waals surface area (Å²) in [5, 5.41) is 3.94. The molecule has 1 atom stereocenters. The molecule has 1 aliphatic heterocycles. The van der Waals surface area contributed by atoms with Gasteiger partial charge in [0.2, 0.25) is 0 Å². The van der Waals surface area contributed by atoms with Crippen LogP contribution in [0.5, 0.6) is 0 Å². The molecule has 3 nitrogen and oxygen atoms in total. The molecular weight excluding hydrogens is 375 g/mol. The van der Waals surface area contributed by atoms with Crippen LogP contribution in [0.15, 0.2) is 18.2 Å². The van der Waals surface area contributed by atoms with Crippen molar-refractivity contribution in [2.24, 2.45) is 0 Å². The Labute approximate surface area is 132 Å². The van der Waals surface area contributed by atoms with E-state index in [-0.39, 0.29) is 5.91 Å². The van der Waals surface area contributed by atoms with Crippen LogP contribution >= 0.6 is 34.2 Å². The summed E-state index contributed by atoms with van der Waals surface area (Å²) in [7, 11) is 0. The molecule has 1 N–H and O–H groups in total. The molecule has 1 aromatic rings. The Hall–Kier alpha value is -0.330. The number of nitrogens with zero attached hydrogens (tertiary/aromatic N) is 1. The highest BCUT2D eigenvalue weighted by Gasteiger charge is 2.27. The van der Waals surface area contributed by atoms with Gasteiger partial charge in [0.25, 0.3) is 5.91 Å². The van der Waals surface area contributed by atoms with Crippen LogP contribution < -0.4 is 5.32 Å². The Morgan fingerprint density at radius 3 is 3.00 bits per heavy atom. The molecule has 0 aromatic heterocycles. The molecule has 1 unspecified atom stereocenters. The van der Waals surface area contributed by atoms with E-state index < -0.39 is 0 Å². The van der Waals surface area contributed by atoms with Gasteiger partial charge in [0.05, 0.1) is 5.56 Å². The molecule has 1 heterocycles. The number of nitrogens with one attached hydrogen (secondary N) is 1. The second-order valence-electron chi connectivity index (χ2n) is 4.77. The molecule has 2 rings (SSSR count). The lowest BCUT2D eigenvalue weighted by atomic mass is 10.1. The number of benzene rings is 1. The van der Waals surface area contributed by atoms with Gasteiger partial charge in [-0.05, 0) is 60.2 Å². The van der Waals surface area contributed by atoms with Crippen LogP contribution in [-0.2, 0) is 0 Å². The molecule has 5 heteroatoms. The average Bonchev–Trinajstić information content (AvgIpc) is 2.92. The van der Waals surface area contributed by atoms with Gasteiger partial charge in [-0.1, -0.05) is 18.5 Å². The molecule has 19 heavy (non-hydrogen) atoms. The summed E-state index contributed by atoms with van der Waals surface area (Å²) in [5.74, 6) is 0.0995. The van der Waals surface area contributed by atoms with E-state index in [1.54, 1.807) is 6.07 Å². The lowest BCUT2D eigenvalue weighted by Gasteiger charge is -2.28. The maximum Gasteiger partial charge on any atom is 0.255 e. The summed E-state index contributed by atoms with van der Waals surface area (Å²) in [6.07, 6.45) is 2.00. The van der Waals surface area contributed by atoms with Crippen molar-refractivity contribution in [2.45, 2.75) is 25.8 Å². The van der Waals surface area contributed by atoms with Gasteiger partial charge in [-0.2, -0.15) is 0 Å². The number of carbonyl (C=O) groups is 1. The average molecular weight is 393 g/mol. The van der Waals surface area contributed by atoms with Crippen LogP contribution in [0.4, 0.5) is 0 Å². The second-order valence-corrected chi connectivity index (χ2v) is 6.37. The summed E-state index contributed by atoms with van der Waals surface area (Å²) >= 11 is 8.21. The Morgan fingerprint density at radius 2 is 2.37 bits per heavy atom. The molecular formula is C14H18ClIN2O. The summed E-state index contributed by atoms with van der Waals surface area (Å²) in [4.78, 5) is 14.7. The highest BCUT2D eigenvalue weighted by Crippen LogP contribution is 2.22. The van der Waals surface area contributed by atoms with Crippen molar-refractivity contribution in [2.75, 3.05) is 19.6 Å². The third-order valence-electron chi connectivity index (χ3n) is 3.36. The number of hydrogen-bond donors (Lipinski definition) is 1. The van der Waals surface area contributed by atoms with Crippen molar-refractivity contribution in [1.82, 2.24) is 10.2 Å². The molecule has 1 saturated heterocycles. The molecule has 1 aromatic carbocycles. The Balaban J connectivity index is 2.25. The van der Waals surface area contributed by atoms with E-state index in [1.807, 2.05) is 17.0 Å². The van der Waals surface area contributed by atoms with Gasteiger partial charge in [-0.3, -0.25) is 4.79 Å². The van der Waals surface area contributed by atoms with E-state index in [0.29, 0.717) is 16.6 Å². The lowest BCUT2D eigenvalue weighted by Crippen LogP contribution is -2.42. The molecule has 0 saturated carbocycles. The van der Waals surface area contributed by atoms with E-state index in [4.69, 9.17) is 11.6 Å². The molecule has 1 fully saturated rings. The van der Waals surface area contributed by atoms with Crippen LogP contribution in [0.1, 0.15) is 30.1 Å². The fraction of sp³-hybridized carbons (Fsp3) is 0.500. The van der Waals surface area contributed by atoms with Crippen LogP contribution in [-0.4, -0.2) is 36.5 Å². The normalized spacial score (nSPS) is 18.6. The molecule has 0 bridgehead atoms. The zero-order chi connectivity index (χ0) is 13.8. The molecule has 104 valence electrons. The van der Waals surface area contributed by atoms with Gasteiger partial charge in [0.15, 0.2) is 0 Å². The Kier molecular flexibility index (Phi) is 5.47. The number of halogens is 2. The van der Waals surface area contributed by atoms with Crippen LogP contribution in [0.2, 0.25) is 5.02 Å². The first kappa shape index (κ1) is 15.1. The monoisotopic (exact) mass is 392 g/mol. The predicted molar refractivity (Wildman–Crippen MR) is 86.8 cm³/mol. The van der Waals surface area contributed by atoms with Crippen molar-refractivity contribution in [3.8, 4) is 0 Å². The molecule has 0 aliphatic carbocycles. The Bertz CT molecular complexity index is 461. The third-order valence-corrected chi connectivity index (χ3v) is 4.54. The number of carbonyl (C=O) groups excluding carboxylic acids is 1. The van der Waals surface area contributed by atoms with Gasteiger partial charge in [-0.15, -0.1) is 0 Å². The smallest absolute Gasteiger partial charge is 0.255 e. The first-order valence-corrected chi connectivity index (χ1v) is 8.06. The van der Waals surface area contributed by atoms with Gasteiger partial charge in [0, 0.05) is 27.7 Å². The van der Waals surface area contributed by atoms with Crippen molar-refractivity contribution < 1.29 is 4.79 Å². The topological polar surface area (TPSA) is 32.3 Å². The first-order chi connectivity index (χ1) is 9.13. The number of hydrogen-bond acceptors (Lipinski definition) is 2. The van der Waals surface area contributed by atoms with Crippen molar-refractivity contribution in [3.63, 3.8) is 0 Å². The van der Waals surface area contributed by atoms with Crippen molar-refractivity contribution in [3.05, 3.63) is 32.4 Å². The van der Waals surface area contributed by atoms with E-state index in [2.05, 4.69) is 34.8 Å². The molecule has 1 amide bonds. The zero-order valence-corrected chi connectivity index (χ0v) is 13.9. The molecule has 0 radical (unpaired) electrons. The summed E-state index contributed by atoms with van der Waals surface area (Å²) < 4.78 is 0.957. The largest absolute Gasteiger partial charge is 0.334 e. The standard InChI is InChI=1S/C14H18ClIN2O/c1-2-7-18(11-5-6-17-9-11)14(19)12-8-10(15)3-4-13(12)16/h3-4,8,11,17H,2,5-7,9H2,1H3. The highest BCUT2D eigenvalue weighted by atomic mass is 127. The second kappa shape index (κ2) is 6.90. The van der Waals surface area contributed by atoms with E-state index in [1.165, 1.54) is 0 Å². The SMILES string of the molecule is CCCN(C(=O)c1cc(Cl)ccc1I)C1CCNC1. The minimum Gasteiger partial charge on any atom is -0.334 e. The predicted octanol–water partition coefficient (Wildman–Crippen LogP) is 3.16. The fourth-order valence-corrected chi connectivity index (χ4v) is 3.15. The minimum absolute atomic E-state index is 0.0995. The van der Waals surface area contributed by atoms with Crippen LogP contribution in [0.25, 0.3) is 0 Å². The molecule has 0 spiro atoms. The fourth-order valence-electron chi connectivity index (χ4n) is 2.41. The Morgan fingerprint density at radius 1 is 1.58 bits per heavy atom. The highest BCUT2D eigenvalue weighted by molar-refractivity contribution is 14.1. The van der Waals surface area contributed by atoms with Gasteiger partial charge >= 0.3 is 0 Å². The lowest BCUT2D eigenvalue weighted by molar-refractivity contribution is 0.0691. The summed E-state index contributed by atoms with van der Waals surface area (Å²) in [6, 6.07) is 5.80. The van der Waals surface area contributed by atoms with E-state index in [0.717, 1.165) is 36.0 Å². The molecule has 1 aliphatic rings. The van der Waals surface area contributed by atoms with Gasteiger partial charge in [0.1, 0.15) is 0 Å². The summed E-state index contributed by atoms with van der Waals surface area (Å²) in [6.45, 7) is 4.78. The quantitative estimate of drug-likeness (QED) is 0.798. The summed E-state index contributed by atoms with van der Waals surface area (Å²) in [5.41, 5.74) is 0.716. The van der Waals surface area contributed by atoms with E-state index in [9.17, 15) is 4.79 Å². The first-order valence-electron chi connectivity index (χ1n) is 6.60.